The summed E-state index contributed by atoms with van der Waals surface area (Å²) in [6.45, 7) is 3.67. The van der Waals surface area contributed by atoms with Crippen LogP contribution in [-0.2, 0) is 4.74 Å². The van der Waals surface area contributed by atoms with Crippen LogP contribution in [-0.4, -0.2) is 30.4 Å². The van der Waals surface area contributed by atoms with Crippen molar-refractivity contribution in [3.63, 3.8) is 0 Å². The highest BCUT2D eigenvalue weighted by Gasteiger charge is 2.32. The average molecular weight is 388 g/mol. The molecule has 1 aromatic carbocycles. The molecule has 0 radical (unpaired) electrons. The summed E-state index contributed by atoms with van der Waals surface area (Å²) < 4.78 is 7.79. The Bertz CT molecular complexity index is 476. The summed E-state index contributed by atoms with van der Waals surface area (Å²) in [7, 11) is 3.42. The molecular formula is C14H17IN2OS. The van der Waals surface area contributed by atoms with Crippen molar-refractivity contribution < 1.29 is 4.74 Å². The molecule has 3 nitrogen and oxygen atoms in total. The molecule has 0 N–H and O–H groups in total. The van der Waals surface area contributed by atoms with Crippen LogP contribution in [0.5, 0.6) is 0 Å². The number of benzene rings is 1. The fourth-order valence-corrected chi connectivity index (χ4v) is 3.84. The van der Waals surface area contributed by atoms with Crippen LogP contribution in [0.2, 0.25) is 0 Å². The van der Waals surface area contributed by atoms with Gasteiger partial charge in [0.15, 0.2) is 0 Å². The molecule has 2 rings (SSSR count). The molecule has 0 saturated heterocycles. The lowest BCUT2D eigenvalue weighted by Crippen LogP contribution is -2.20. The van der Waals surface area contributed by atoms with Crippen LogP contribution in [0.15, 0.2) is 47.0 Å². The highest BCUT2D eigenvalue weighted by atomic mass is 127. The topological polar surface area (TPSA) is 24.8 Å². The van der Waals surface area contributed by atoms with E-state index < -0.39 is 0 Å². The average Bonchev–Trinajstić information content (AvgIpc) is 2.89. The normalized spacial score (nSPS) is 20.5. The van der Waals surface area contributed by atoms with Gasteiger partial charge in [-0.3, -0.25) is 4.99 Å². The summed E-state index contributed by atoms with van der Waals surface area (Å²) in [6.07, 6.45) is 2.21. The number of nitrogens with zero attached hydrogens (tertiary/aromatic N) is 2. The van der Waals surface area contributed by atoms with Crippen LogP contribution in [0.1, 0.15) is 18.5 Å². The van der Waals surface area contributed by atoms with Gasteiger partial charge in [-0.15, -0.1) is 0 Å². The van der Waals surface area contributed by atoms with Crippen LogP contribution in [0.3, 0.4) is 0 Å². The number of aliphatic imine (C=N–C) groups is 1. The number of methoxy groups -OCH3 is 1. The summed E-state index contributed by atoms with van der Waals surface area (Å²) in [6, 6.07) is 10.7. The van der Waals surface area contributed by atoms with Crippen LogP contribution in [0.25, 0.3) is 0 Å². The van der Waals surface area contributed by atoms with Crippen LogP contribution in [0, 0.1) is 0 Å². The fraction of sp³-hybridized carbons (Fsp3) is 0.357. The van der Waals surface area contributed by atoms with Crippen molar-refractivity contribution in [2.24, 2.45) is 4.99 Å². The molecule has 0 fully saturated rings. The second-order valence-electron chi connectivity index (χ2n) is 4.12. The maximum absolute atomic E-state index is 5.46. The Hall–Kier alpha value is -0.530. The Morgan fingerprint density at radius 2 is 2.21 bits per heavy atom. The number of hydrogen-bond donors (Lipinski definition) is 0. The first-order valence-electron chi connectivity index (χ1n) is 6.21. The van der Waals surface area contributed by atoms with E-state index in [9.17, 15) is 0 Å². The van der Waals surface area contributed by atoms with Crippen molar-refractivity contribution in [2.45, 2.75) is 13.0 Å². The molecule has 1 atom stereocenters. The van der Waals surface area contributed by atoms with E-state index in [4.69, 9.17) is 4.74 Å². The third-order valence-electron chi connectivity index (χ3n) is 3.02. The summed E-state index contributed by atoms with van der Waals surface area (Å²) in [5.41, 5.74) is 2.44. The van der Waals surface area contributed by atoms with Gasteiger partial charge in [-0.25, -0.2) is 4.31 Å². The maximum atomic E-state index is 5.46. The summed E-state index contributed by atoms with van der Waals surface area (Å²) in [4.78, 5) is 4.46. The van der Waals surface area contributed by atoms with Gasteiger partial charge in [0.2, 0.25) is 5.90 Å². The van der Waals surface area contributed by atoms with Crippen molar-refractivity contribution in [1.82, 2.24) is 4.31 Å². The van der Waals surface area contributed by atoms with Gasteiger partial charge >= 0.3 is 0 Å². The zero-order valence-corrected chi connectivity index (χ0v) is 14.0. The monoisotopic (exact) mass is 388 g/mol. The van der Waals surface area contributed by atoms with Gasteiger partial charge in [-0.05, 0) is 21.6 Å². The Labute approximate surface area is 130 Å². The minimum absolute atomic E-state index is 0.216. The SMILES string of the molecule is CCN=C(OC)C1=CCN(SI)C1c1ccccc1. The lowest BCUT2D eigenvalue weighted by atomic mass is 10.0. The zero-order chi connectivity index (χ0) is 13.7. The van der Waals surface area contributed by atoms with Crippen LogP contribution in [0.4, 0.5) is 0 Å². The Kier molecular flexibility index (Phi) is 5.72. The van der Waals surface area contributed by atoms with Crippen molar-refractivity contribution in [3.05, 3.63) is 47.5 Å². The van der Waals surface area contributed by atoms with Gasteiger partial charge in [0.1, 0.15) is 0 Å². The number of ether oxygens (including phenoxy) is 1. The Balaban J connectivity index is 2.35. The molecule has 5 heteroatoms. The third kappa shape index (κ3) is 3.32. The fourth-order valence-electron chi connectivity index (χ4n) is 2.23. The zero-order valence-electron chi connectivity index (χ0n) is 11.0. The molecule has 19 heavy (non-hydrogen) atoms. The standard InChI is InChI=1S/C14H17IN2OS/c1-3-16-14(18-2)12-9-10-17(19-15)13(12)11-7-5-4-6-8-11/h4-9,13H,3,10H2,1-2H3. The van der Waals surface area contributed by atoms with E-state index in [2.05, 4.69) is 60.8 Å². The van der Waals surface area contributed by atoms with Crippen LogP contribution >= 0.6 is 30.3 Å². The van der Waals surface area contributed by atoms with E-state index in [0.29, 0.717) is 0 Å². The van der Waals surface area contributed by atoms with Gasteiger partial charge in [0.05, 0.1) is 13.2 Å². The predicted octanol–water partition coefficient (Wildman–Crippen LogP) is 4.03. The van der Waals surface area contributed by atoms with Crippen molar-refractivity contribution in [2.75, 3.05) is 20.2 Å². The first kappa shape index (κ1) is 14.9. The van der Waals surface area contributed by atoms with E-state index in [-0.39, 0.29) is 6.04 Å². The quantitative estimate of drug-likeness (QED) is 0.337. The Morgan fingerprint density at radius 3 is 2.79 bits per heavy atom. The number of rotatable bonds is 4. The first-order chi connectivity index (χ1) is 9.31. The van der Waals surface area contributed by atoms with Gasteiger partial charge in [-0.1, -0.05) is 36.4 Å². The van der Waals surface area contributed by atoms with E-state index >= 15 is 0 Å². The minimum atomic E-state index is 0.216. The third-order valence-corrected chi connectivity index (χ3v) is 5.07. The number of halogens is 1. The molecule has 1 aliphatic heterocycles. The predicted molar refractivity (Wildman–Crippen MR) is 90.6 cm³/mol. The van der Waals surface area contributed by atoms with E-state index in [1.54, 1.807) is 16.2 Å². The Morgan fingerprint density at radius 1 is 1.47 bits per heavy atom. The molecule has 0 spiro atoms. The summed E-state index contributed by atoms with van der Waals surface area (Å²) in [5.74, 6) is 0.754. The van der Waals surface area contributed by atoms with Gasteiger partial charge in [-0.2, -0.15) is 0 Å². The molecule has 0 amide bonds. The molecule has 102 valence electrons. The first-order valence-corrected chi connectivity index (χ1v) is 9.52. The van der Waals surface area contributed by atoms with Crippen LogP contribution < -0.4 is 0 Å². The largest absolute Gasteiger partial charge is 0.481 e. The van der Waals surface area contributed by atoms with Gasteiger partial charge in [0.25, 0.3) is 0 Å². The van der Waals surface area contributed by atoms with E-state index in [1.165, 1.54) is 11.1 Å². The number of hydrogen-bond acceptors (Lipinski definition) is 4. The summed E-state index contributed by atoms with van der Waals surface area (Å²) >= 11 is 2.33. The minimum Gasteiger partial charge on any atom is -0.481 e. The molecule has 0 aromatic heterocycles. The highest BCUT2D eigenvalue weighted by Crippen LogP contribution is 2.40. The second-order valence-corrected chi connectivity index (χ2v) is 5.91. The van der Waals surface area contributed by atoms with Crippen molar-refractivity contribution in [1.29, 1.82) is 0 Å². The smallest absolute Gasteiger partial charge is 0.213 e. The molecule has 0 aliphatic carbocycles. The molecule has 1 aromatic rings. The lowest BCUT2D eigenvalue weighted by Gasteiger charge is -2.24. The maximum Gasteiger partial charge on any atom is 0.213 e. The highest BCUT2D eigenvalue weighted by molar-refractivity contribution is 14.2. The van der Waals surface area contributed by atoms with Gasteiger partial charge in [0, 0.05) is 39.9 Å². The second kappa shape index (κ2) is 7.31. The molecular weight excluding hydrogens is 371 g/mol. The van der Waals surface area contributed by atoms with Crippen molar-refractivity contribution >= 4 is 36.2 Å². The van der Waals surface area contributed by atoms with E-state index in [0.717, 1.165) is 19.0 Å². The molecule has 0 bridgehead atoms. The molecule has 1 unspecified atom stereocenters. The van der Waals surface area contributed by atoms with E-state index in [1.807, 2.05) is 13.0 Å². The van der Waals surface area contributed by atoms with Gasteiger partial charge < -0.3 is 4.74 Å². The summed E-state index contributed by atoms with van der Waals surface area (Å²) in [5, 5.41) is 0. The molecule has 0 saturated carbocycles. The lowest BCUT2D eigenvalue weighted by molar-refractivity contribution is 0.391. The van der Waals surface area contributed by atoms with Crippen molar-refractivity contribution in [3.8, 4) is 0 Å². The molecule has 1 heterocycles. The molecule has 1 aliphatic rings.